The van der Waals surface area contributed by atoms with Gasteiger partial charge in [-0.2, -0.15) is 0 Å². The first-order valence-corrected chi connectivity index (χ1v) is 7.90. The molecule has 0 saturated carbocycles. The van der Waals surface area contributed by atoms with Crippen LogP contribution >= 0.6 is 0 Å². The van der Waals surface area contributed by atoms with E-state index in [0.29, 0.717) is 25.1 Å². The maximum Gasteiger partial charge on any atom is 0.334 e. The fourth-order valence-corrected chi connectivity index (χ4v) is 2.09. The Balaban J connectivity index is 2.75. The largest absolute Gasteiger partial charge is 0.492 e. The Morgan fingerprint density at radius 2 is 1.83 bits per heavy atom. The van der Waals surface area contributed by atoms with E-state index in [2.05, 4.69) is 18.8 Å². The third-order valence-corrected chi connectivity index (χ3v) is 3.73. The highest BCUT2D eigenvalue weighted by atomic mass is 16.5. The Morgan fingerprint density at radius 3 is 2.33 bits per heavy atom. The Kier molecular flexibility index (Phi) is 7.82. The van der Waals surface area contributed by atoms with Gasteiger partial charge in [0, 0.05) is 12.0 Å². The number of carbonyl (C=O) groups is 1. The molecule has 0 heterocycles. The summed E-state index contributed by atoms with van der Waals surface area (Å²) in [6.45, 7) is 6.90. The number of nitrogens with zero attached hydrogens (tertiary/aromatic N) is 1. The number of hydrogen-bond donors (Lipinski definition) is 2. The first kappa shape index (κ1) is 19.5. The molecule has 0 unspecified atom stereocenters. The number of ether oxygens (including phenoxy) is 2. The molecule has 0 radical (unpaired) electrons. The van der Waals surface area contributed by atoms with E-state index in [4.69, 9.17) is 20.9 Å². The van der Waals surface area contributed by atoms with Gasteiger partial charge < -0.3 is 20.9 Å². The number of rotatable bonds is 8. The average Bonchev–Trinajstić information content (AvgIpc) is 2.56. The van der Waals surface area contributed by atoms with Crippen LogP contribution in [0.5, 0.6) is 5.75 Å². The van der Waals surface area contributed by atoms with Crippen molar-refractivity contribution in [1.82, 2.24) is 0 Å². The Morgan fingerprint density at radius 1 is 1.21 bits per heavy atom. The van der Waals surface area contributed by atoms with Gasteiger partial charge in [0.15, 0.2) is 5.96 Å². The van der Waals surface area contributed by atoms with E-state index in [1.165, 1.54) is 7.11 Å². The Bertz CT molecular complexity index is 600. The van der Waals surface area contributed by atoms with E-state index in [0.717, 1.165) is 16.9 Å². The number of guanidine groups is 1. The minimum absolute atomic E-state index is 0.0524. The molecule has 0 spiro atoms. The second-order valence-corrected chi connectivity index (χ2v) is 5.78. The summed E-state index contributed by atoms with van der Waals surface area (Å²) in [5, 5.41) is 0. The number of aliphatic imine (C=N–C) groups is 1. The third-order valence-electron chi connectivity index (χ3n) is 3.73. The highest BCUT2D eigenvalue weighted by Crippen LogP contribution is 2.21. The van der Waals surface area contributed by atoms with Crippen molar-refractivity contribution in [2.45, 2.75) is 27.2 Å². The zero-order valence-corrected chi connectivity index (χ0v) is 14.8. The minimum atomic E-state index is -0.279. The van der Waals surface area contributed by atoms with Crippen LogP contribution in [0.15, 0.2) is 40.4 Å². The monoisotopic (exact) mass is 333 g/mol. The number of methoxy groups -OCH3 is 1. The molecule has 0 atom stereocenters. The summed E-state index contributed by atoms with van der Waals surface area (Å²) >= 11 is 0. The molecule has 24 heavy (non-hydrogen) atoms. The molecule has 0 bridgehead atoms. The summed E-state index contributed by atoms with van der Waals surface area (Å²) in [6, 6.07) is 7.60. The molecule has 132 valence electrons. The summed E-state index contributed by atoms with van der Waals surface area (Å²) in [5.41, 5.74) is 13.3. The predicted molar refractivity (Wildman–Crippen MR) is 95.9 cm³/mol. The molecule has 6 nitrogen and oxygen atoms in total. The Labute approximate surface area is 143 Å². The van der Waals surface area contributed by atoms with Gasteiger partial charge in [-0.25, -0.2) is 4.79 Å². The summed E-state index contributed by atoms with van der Waals surface area (Å²) in [4.78, 5) is 15.9. The van der Waals surface area contributed by atoms with Crippen molar-refractivity contribution in [1.29, 1.82) is 0 Å². The van der Waals surface area contributed by atoms with E-state index in [-0.39, 0.29) is 17.8 Å². The van der Waals surface area contributed by atoms with Crippen LogP contribution in [0.1, 0.15) is 26.3 Å². The van der Waals surface area contributed by atoms with E-state index in [1.807, 2.05) is 31.2 Å². The molecule has 6 heteroatoms. The van der Waals surface area contributed by atoms with Gasteiger partial charge in [-0.15, -0.1) is 0 Å². The fourth-order valence-electron chi connectivity index (χ4n) is 2.09. The molecule has 4 N–H and O–H groups in total. The van der Waals surface area contributed by atoms with Gasteiger partial charge in [-0.05, 0) is 30.5 Å². The molecule has 1 aromatic carbocycles. The zero-order chi connectivity index (χ0) is 18.1. The van der Waals surface area contributed by atoms with Gasteiger partial charge in [-0.1, -0.05) is 31.6 Å². The van der Waals surface area contributed by atoms with Crippen molar-refractivity contribution in [3.8, 4) is 5.75 Å². The maximum absolute atomic E-state index is 12.0. The topological polar surface area (TPSA) is 99.9 Å². The molecule has 0 aliphatic rings. The van der Waals surface area contributed by atoms with Gasteiger partial charge >= 0.3 is 5.97 Å². The van der Waals surface area contributed by atoms with Crippen molar-refractivity contribution < 1.29 is 14.3 Å². The van der Waals surface area contributed by atoms with Gasteiger partial charge in [0.2, 0.25) is 0 Å². The maximum atomic E-state index is 12.0. The summed E-state index contributed by atoms with van der Waals surface area (Å²) in [5.74, 6) is 0.793. The lowest BCUT2D eigenvalue weighted by Gasteiger charge is -2.14. The minimum Gasteiger partial charge on any atom is -0.492 e. The quantitative estimate of drug-likeness (QED) is 0.249. The third kappa shape index (κ3) is 6.32. The average molecular weight is 333 g/mol. The van der Waals surface area contributed by atoms with Crippen molar-refractivity contribution >= 4 is 11.9 Å². The molecular weight excluding hydrogens is 306 g/mol. The zero-order valence-electron chi connectivity index (χ0n) is 14.8. The molecule has 0 aromatic heterocycles. The highest BCUT2D eigenvalue weighted by molar-refractivity contribution is 5.89. The predicted octanol–water partition coefficient (Wildman–Crippen LogP) is 2.03. The number of benzene rings is 1. The van der Waals surface area contributed by atoms with Crippen molar-refractivity contribution in [3.05, 3.63) is 41.0 Å². The second kappa shape index (κ2) is 9.60. The lowest BCUT2D eigenvalue weighted by atomic mass is 9.94. The number of hydrogen-bond acceptors (Lipinski definition) is 4. The molecule has 0 aliphatic heterocycles. The van der Waals surface area contributed by atoms with E-state index in [1.54, 1.807) is 0 Å². The summed E-state index contributed by atoms with van der Waals surface area (Å²) in [7, 11) is 1.41. The van der Waals surface area contributed by atoms with Gasteiger partial charge in [-0.3, -0.25) is 4.99 Å². The summed E-state index contributed by atoms with van der Waals surface area (Å²) in [6.07, 6.45) is 0.533. The molecule has 0 aliphatic carbocycles. The van der Waals surface area contributed by atoms with Crippen molar-refractivity contribution in [2.24, 2.45) is 22.4 Å². The summed E-state index contributed by atoms with van der Waals surface area (Å²) < 4.78 is 10.5. The second-order valence-electron chi connectivity index (χ2n) is 5.78. The molecular formula is C18H27N3O3. The van der Waals surface area contributed by atoms with Crippen LogP contribution in [-0.4, -0.2) is 32.2 Å². The lowest BCUT2D eigenvalue weighted by Crippen LogP contribution is -2.23. The number of carbonyl (C=O) groups excluding carboxylic acids is 1. The first-order chi connectivity index (χ1) is 11.3. The molecule has 0 amide bonds. The Hall–Kier alpha value is -2.50. The lowest BCUT2D eigenvalue weighted by molar-refractivity contribution is -0.136. The highest BCUT2D eigenvalue weighted by Gasteiger charge is 2.16. The smallest absolute Gasteiger partial charge is 0.334 e. The van der Waals surface area contributed by atoms with Gasteiger partial charge in [0.1, 0.15) is 12.4 Å². The van der Waals surface area contributed by atoms with E-state index in [9.17, 15) is 4.79 Å². The molecule has 1 aromatic rings. The molecule has 1 rings (SSSR count). The molecule has 0 fully saturated rings. The van der Waals surface area contributed by atoms with Crippen LogP contribution in [0.25, 0.3) is 0 Å². The fraction of sp³-hybridized carbons (Fsp3) is 0.444. The standard InChI is InChI=1S/C18H27N3O3/c1-12(2)13(3)16(17(22)23-4)11-14-5-7-15(8-6-14)24-10-9-21-18(19)20/h5-8,12H,9-11H2,1-4H3,(H4,19,20,21)/b16-13+. The van der Waals surface area contributed by atoms with Gasteiger partial charge in [0.05, 0.1) is 13.7 Å². The number of nitrogens with two attached hydrogens (primary N) is 2. The van der Waals surface area contributed by atoms with Crippen LogP contribution in [-0.2, 0) is 16.0 Å². The number of esters is 1. The van der Waals surface area contributed by atoms with Crippen LogP contribution < -0.4 is 16.2 Å². The van der Waals surface area contributed by atoms with Crippen LogP contribution in [0.2, 0.25) is 0 Å². The van der Waals surface area contributed by atoms with Crippen LogP contribution in [0.3, 0.4) is 0 Å². The normalized spacial score (nSPS) is 11.7. The SMILES string of the molecule is COC(=O)/C(Cc1ccc(OCCN=C(N)N)cc1)=C(\C)C(C)C. The number of allylic oxidation sites excluding steroid dienone is 1. The van der Waals surface area contributed by atoms with Crippen molar-refractivity contribution in [2.75, 3.05) is 20.3 Å². The van der Waals surface area contributed by atoms with Gasteiger partial charge in [0.25, 0.3) is 0 Å². The van der Waals surface area contributed by atoms with E-state index < -0.39 is 0 Å². The van der Waals surface area contributed by atoms with E-state index >= 15 is 0 Å². The van der Waals surface area contributed by atoms with Crippen LogP contribution in [0.4, 0.5) is 0 Å². The van der Waals surface area contributed by atoms with Crippen molar-refractivity contribution in [3.63, 3.8) is 0 Å². The van der Waals surface area contributed by atoms with Crippen LogP contribution in [0, 0.1) is 5.92 Å². The molecule has 0 saturated heterocycles. The first-order valence-electron chi connectivity index (χ1n) is 7.90.